The average molecular weight is 518 g/mol. The minimum atomic E-state index is -0.292. The van der Waals surface area contributed by atoms with E-state index in [2.05, 4.69) is 11.6 Å². The number of hydroxylamine groups is 2. The van der Waals surface area contributed by atoms with Crippen LogP contribution in [0.5, 0.6) is 0 Å². The van der Waals surface area contributed by atoms with Crippen LogP contribution >= 0.6 is 11.6 Å². The maximum Gasteiger partial charge on any atom is 0.181 e. The zero-order valence-corrected chi connectivity index (χ0v) is 21.3. The lowest BCUT2D eigenvalue weighted by Gasteiger charge is -2.31. The normalized spacial score (nSPS) is 14.6. The van der Waals surface area contributed by atoms with Crippen molar-refractivity contribution in [3.8, 4) is 22.8 Å². The fraction of sp³-hybridized carbons (Fsp3) is 0.276. The number of piperidine rings is 1. The van der Waals surface area contributed by atoms with Gasteiger partial charge in [-0.25, -0.2) is 14.1 Å². The molecule has 1 aliphatic heterocycles. The number of halogens is 2. The number of pyridine rings is 1. The average Bonchev–Trinajstić information content (AvgIpc) is 3.37. The molecule has 190 valence electrons. The summed E-state index contributed by atoms with van der Waals surface area (Å²) in [5, 5.41) is 7.38. The van der Waals surface area contributed by atoms with Crippen LogP contribution in [0.25, 0.3) is 28.9 Å². The molecule has 0 bridgehead atoms. The van der Waals surface area contributed by atoms with Crippen molar-refractivity contribution < 1.29 is 9.23 Å². The van der Waals surface area contributed by atoms with Gasteiger partial charge in [-0.05, 0) is 73.6 Å². The zero-order valence-electron chi connectivity index (χ0n) is 20.6. The summed E-state index contributed by atoms with van der Waals surface area (Å²) < 4.78 is 15.2. The van der Waals surface area contributed by atoms with Crippen LogP contribution in [-0.4, -0.2) is 37.9 Å². The van der Waals surface area contributed by atoms with Gasteiger partial charge in [0.2, 0.25) is 0 Å². The highest BCUT2D eigenvalue weighted by atomic mass is 35.5. The van der Waals surface area contributed by atoms with Gasteiger partial charge in [-0.1, -0.05) is 48.5 Å². The molecule has 0 aliphatic carbocycles. The van der Waals surface area contributed by atoms with Gasteiger partial charge in [0.05, 0.1) is 5.02 Å². The van der Waals surface area contributed by atoms with Crippen LogP contribution in [-0.2, 0) is 18.0 Å². The molecule has 0 amide bonds. The van der Waals surface area contributed by atoms with Crippen LogP contribution in [0.3, 0.4) is 0 Å². The Hall–Kier alpha value is -3.39. The third-order valence-corrected chi connectivity index (χ3v) is 6.94. The molecule has 0 unspecified atom stereocenters. The van der Waals surface area contributed by atoms with Crippen LogP contribution in [0, 0.1) is 11.7 Å². The first-order chi connectivity index (χ1) is 18.1. The SMILES string of the molecule is C=Cc1ccc(-c2nc(-c3ccc(F)cc3)nn2CON2CCC(CCc3ccc(Cl)cn3)CC2)cc1. The van der Waals surface area contributed by atoms with E-state index in [0.29, 0.717) is 22.6 Å². The van der Waals surface area contributed by atoms with Crippen LogP contribution in [0.2, 0.25) is 5.02 Å². The Morgan fingerprint density at radius 3 is 2.41 bits per heavy atom. The largest absolute Gasteiger partial charge is 0.275 e. The smallest absolute Gasteiger partial charge is 0.181 e. The van der Waals surface area contributed by atoms with Gasteiger partial charge in [-0.3, -0.25) is 9.82 Å². The summed E-state index contributed by atoms with van der Waals surface area (Å²) in [5.41, 5.74) is 3.78. The molecule has 2 aromatic heterocycles. The molecule has 6 nitrogen and oxygen atoms in total. The number of aromatic nitrogens is 4. The van der Waals surface area contributed by atoms with Crippen LogP contribution in [0.15, 0.2) is 73.4 Å². The van der Waals surface area contributed by atoms with Crippen molar-refractivity contribution in [2.75, 3.05) is 13.1 Å². The highest BCUT2D eigenvalue weighted by Crippen LogP contribution is 2.25. The van der Waals surface area contributed by atoms with Gasteiger partial charge >= 0.3 is 0 Å². The quantitative estimate of drug-likeness (QED) is 0.248. The molecule has 37 heavy (non-hydrogen) atoms. The van der Waals surface area contributed by atoms with Crippen molar-refractivity contribution in [3.63, 3.8) is 0 Å². The van der Waals surface area contributed by atoms with Crippen molar-refractivity contribution >= 4 is 17.7 Å². The Balaban J connectivity index is 1.22. The number of hydrogen-bond acceptors (Lipinski definition) is 5. The summed E-state index contributed by atoms with van der Waals surface area (Å²) in [5.74, 6) is 1.58. The van der Waals surface area contributed by atoms with Crippen molar-refractivity contribution in [1.82, 2.24) is 24.8 Å². The molecular weight excluding hydrogens is 489 g/mol. The number of hydrogen-bond donors (Lipinski definition) is 0. The highest BCUT2D eigenvalue weighted by molar-refractivity contribution is 6.30. The monoisotopic (exact) mass is 517 g/mol. The van der Waals surface area contributed by atoms with E-state index < -0.39 is 0 Å². The summed E-state index contributed by atoms with van der Waals surface area (Å²) >= 11 is 5.94. The number of benzene rings is 2. The molecule has 0 radical (unpaired) electrons. The molecule has 4 aromatic rings. The van der Waals surface area contributed by atoms with E-state index in [1.54, 1.807) is 29.1 Å². The molecule has 1 saturated heterocycles. The van der Waals surface area contributed by atoms with Crippen molar-refractivity contribution in [2.45, 2.75) is 32.4 Å². The van der Waals surface area contributed by atoms with Crippen molar-refractivity contribution in [2.24, 2.45) is 5.92 Å². The maximum atomic E-state index is 13.4. The second-order valence-electron chi connectivity index (χ2n) is 9.23. The molecule has 8 heteroatoms. The second-order valence-corrected chi connectivity index (χ2v) is 9.67. The van der Waals surface area contributed by atoms with E-state index in [4.69, 9.17) is 26.5 Å². The molecule has 0 N–H and O–H groups in total. The molecule has 3 heterocycles. The van der Waals surface area contributed by atoms with Crippen molar-refractivity contribution in [1.29, 1.82) is 0 Å². The first kappa shape index (κ1) is 25.3. The van der Waals surface area contributed by atoms with Gasteiger partial charge in [0.25, 0.3) is 0 Å². The van der Waals surface area contributed by atoms with Crippen LogP contribution in [0.1, 0.15) is 30.5 Å². The second kappa shape index (κ2) is 11.8. The van der Waals surface area contributed by atoms with E-state index in [1.165, 1.54) is 12.1 Å². The van der Waals surface area contributed by atoms with Gasteiger partial charge < -0.3 is 0 Å². The van der Waals surface area contributed by atoms with Crippen LogP contribution in [0.4, 0.5) is 4.39 Å². The molecular formula is C29H29ClFN5O. The Kier molecular flexibility index (Phi) is 8.04. The van der Waals surface area contributed by atoms with Gasteiger partial charge in [-0.2, -0.15) is 5.06 Å². The van der Waals surface area contributed by atoms with Gasteiger partial charge in [0.15, 0.2) is 18.4 Å². The lowest BCUT2D eigenvalue weighted by Crippen LogP contribution is -2.34. The van der Waals surface area contributed by atoms with Gasteiger partial charge in [0.1, 0.15) is 5.82 Å². The van der Waals surface area contributed by atoms with Crippen molar-refractivity contribution in [3.05, 3.63) is 95.5 Å². The number of aryl methyl sites for hydroxylation is 1. The maximum absolute atomic E-state index is 13.4. The molecule has 0 atom stereocenters. The molecule has 2 aromatic carbocycles. The van der Waals surface area contributed by atoms with E-state index in [-0.39, 0.29) is 12.5 Å². The van der Waals surface area contributed by atoms with Gasteiger partial charge in [-0.15, -0.1) is 5.10 Å². The lowest BCUT2D eigenvalue weighted by atomic mass is 9.92. The van der Waals surface area contributed by atoms with Gasteiger partial charge in [0, 0.05) is 36.1 Å². The van der Waals surface area contributed by atoms with E-state index in [9.17, 15) is 4.39 Å². The molecule has 1 aliphatic rings. The number of nitrogens with zero attached hydrogens (tertiary/aromatic N) is 5. The van der Waals surface area contributed by atoms with E-state index in [0.717, 1.165) is 61.2 Å². The molecule has 0 saturated carbocycles. The Bertz CT molecular complexity index is 1310. The first-order valence-corrected chi connectivity index (χ1v) is 12.9. The standard InChI is InChI=1S/C29H29ClFN5O/c1-2-21-3-6-24(7-4-21)29-33-28(23-8-11-26(31)12-9-23)34-36(29)20-37-35-17-15-22(16-18-35)5-13-27-14-10-25(30)19-32-27/h2-4,6-12,14,19,22H,1,5,13,15-18,20H2. The summed E-state index contributed by atoms with van der Waals surface area (Å²) in [6.45, 7) is 5.79. The molecule has 1 fully saturated rings. The summed E-state index contributed by atoms with van der Waals surface area (Å²) in [6.07, 6.45) is 7.72. The lowest BCUT2D eigenvalue weighted by molar-refractivity contribution is -0.202. The predicted molar refractivity (Wildman–Crippen MR) is 144 cm³/mol. The third kappa shape index (κ3) is 6.49. The highest BCUT2D eigenvalue weighted by Gasteiger charge is 2.21. The Morgan fingerprint density at radius 2 is 1.73 bits per heavy atom. The zero-order chi connectivity index (χ0) is 25.6. The predicted octanol–water partition coefficient (Wildman–Crippen LogP) is 6.68. The minimum Gasteiger partial charge on any atom is -0.275 e. The summed E-state index contributed by atoms with van der Waals surface area (Å²) in [4.78, 5) is 15.3. The minimum absolute atomic E-state index is 0.242. The fourth-order valence-corrected chi connectivity index (χ4v) is 4.62. The summed E-state index contributed by atoms with van der Waals surface area (Å²) in [7, 11) is 0. The number of rotatable bonds is 9. The van der Waals surface area contributed by atoms with Crippen LogP contribution < -0.4 is 0 Å². The molecule has 5 rings (SSSR count). The Labute approximate surface area is 221 Å². The molecule has 0 spiro atoms. The topological polar surface area (TPSA) is 56.1 Å². The van der Waals surface area contributed by atoms with E-state index in [1.807, 2.05) is 41.5 Å². The fourth-order valence-electron chi connectivity index (χ4n) is 4.50. The van der Waals surface area contributed by atoms with E-state index >= 15 is 0 Å². The Morgan fingerprint density at radius 1 is 1.00 bits per heavy atom. The first-order valence-electron chi connectivity index (χ1n) is 12.5. The third-order valence-electron chi connectivity index (χ3n) is 6.71. The summed E-state index contributed by atoms with van der Waals surface area (Å²) in [6, 6.07) is 18.1.